The van der Waals surface area contributed by atoms with Gasteiger partial charge in [-0.25, -0.2) is 9.59 Å². The fourth-order valence-corrected chi connectivity index (χ4v) is 4.53. The van der Waals surface area contributed by atoms with E-state index in [1.165, 1.54) is 23.8 Å². The quantitative estimate of drug-likeness (QED) is 0.354. The van der Waals surface area contributed by atoms with Crippen molar-refractivity contribution in [2.24, 2.45) is 5.92 Å². The number of ether oxygens (including phenoxy) is 1. The number of hydrogen-bond donors (Lipinski definition) is 3. The number of nitrogens with zero attached hydrogens (tertiary/aromatic N) is 1. The van der Waals surface area contributed by atoms with Gasteiger partial charge in [-0.1, -0.05) is 19.9 Å². The van der Waals surface area contributed by atoms with Gasteiger partial charge in [-0.05, 0) is 43.0 Å². The van der Waals surface area contributed by atoms with E-state index < -0.39 is 36.0 Å². The van der Waals surface area contributed by atoms with E-state index in [0.717, 1.165) is 4.90 Å². The van der Waals surface area contributed by atoms with E-state index in [2.05, 4.69) is 16.0 Å². The molecule has 4 amide bonds. The van der Waals surface area contributed by atoms with Crippen molar-refractivity contribution in [3.8, 4) is 0 Å². The summed E-state index contributed by atoms with van der Waals surface area (Å²) in [6.45, 7) is 3.91. The third-order valence-corrected chi connectivity index (χ3v) is 6.58. The first-order valence-electron chi connectivity index (χ1n) is 10.6. The Morgan fingerprint density at radius 2 is 1.94 bits per heavy atom. The van der Waals surface area contributed by atoms with Crippen molar-refractivity contribution in [3.63, 3.8) is 0 Å². The van der Waals surface area contributed by atoms with Crippen molar-refractivity contribution >= 4 is 53.0 Å². The van der Waals surface area contributed by atoms with Crippen molar-refractivity contribution in [1.82, 2.24) is 15.5 Å². The Bertz CT molecular complexity index is 867. The van der Waals surface area contributed by atoms with Crippen molar-refractivity contribution in [1.29, 1.82) is 0 Å². The van der Waals surface area contributed by atoms with E-state index in [-0.39, 0.29) is 17.6 Å². The van der Waals surface area contributed by atoms with Gasteiger partial charge in [0, 0.05) is 17.1 Å². The van der Waals surface area contributed by atoms with Gasteiger partial charge >= 0.3 is 12.0 Å². The van der Waals surface area contributed by atoms with E-state index in [1.54, 1.807) is 37.9 Å². The molecule has 1 aliphatic heterocycles. The Morgan fingerprint density at radius 1 is 1.21 bits per heavy atom. The third kappa shape index (κ3) is 7.29. The number of hydrogen-bond acceptors (Lipinski definition) is 7. The average Bonchev–Trinajstić information content (AvgIpc) is 3.20. The summed E-state index contributed by atoms with van der Waals surface area (Å²) in [4.78, 5) is 53.2. The SMILES string of the molecule is COC(=O)[C@H](NC(=O)[C@H]1[C@@H](NC(=O)Nc2cccc(SC)c2)CCN1C(=O)CSC)C(C)C. The van der Waals surface area contributed by atoms with Crippen molar-refractivity contribution in [3.05, 3.63) is 24.3 Å². The minimum absolute atomic E-state index is 0.195. The van der Waals surface area contributed by atoms with Crippen LogP contribution in [-0.2, 0) is 19.1 Å². The topological polar surface area (TPSA) is 117 Å². The summed E-state index contributed by atoms with van der Waals surface area (Å²) in [7, 11) is 1.26. The predicted octanol–water partition coefficient (Wildman–Crippen LogP) is 2.18. The molecule has 3 N–H and O–H groups in total. The number of carbonyl (C=O) groups excluding carboxylic acids is 4. The predicted molar refractivity (Wildman–Crippen MR) is 131 cm³/mol. The van der Waals surface area contributed by atoms with Crippen LogP contribution in [0.5, 0.6) is 0 Å². The molecule has 0 bridgehead atoms. The number of benzene rings is 1. The zero-order valence-electron chi connectivity index (χ0n) is 19.5. The molecular formula is C22H32N4O5S2. The number of methoxy groups -OCH3 is 1. The number of anilines is 1. The van der Waals surface area contributed by atoms with Gasteiger partial charge in [0.25, 0.3) is 0 Å². The molecule has 0 aromatic heterocycles. The number of carbonyl (C=O) groups is 4. The molecule has 1 aromatic rings. The fourth-order valence-electron chi connectivity index (χ4n) is 3.65. The summed E-state index contributed by atoms with van der Waals surface area (Å²) in [5.41, 5.74) is 0.624. The summed E-state index contributed by atoms with van der Waals surface area (Å²) < 4.78 is 4.81. The second-order valence-electron chi connectivity index (χ2n) is 7.94. The van der Waals surface area contributed by atoms with Crippen LogP contribution >= 0.6 is 23.5 Å². The Labute approximate surface area is 203 Å². The molecular weight excluding hydrogens is 464 g/mol. The minimum atomic E-state index is -0.932. The van der Waals surface area contributed by atoms with Crippen LogP contribution in [0.1, 0.15) is 20.3 Å². The summed E-state index contributed by atoms with van der Waals surface area (Å²) in [6.07, 6.45) is 4.17. The number of rotatable bonds is 9. The molecule has 1 heterocycles. The second kappa shape index (κ2) is 12.7. The molecule has 3 atom stereocenters. The number of thioether (sulfide) groups is 2. The van der Waals surface area contributed by atoms with Gasteiger partial charge in [-0.3, -0.25) is 9.59 Å². The van der Waals surface area contributed by atoms with Crippen LogP contribution in [0, 0.1) is 5.92 Å². The van der Waals surface area contributed by atoms with Crippen LogP contribution in [0.4, 0.5) is 10.5 Å². The first kappa shape index (κ1) is 26.8. The molecule has 1 fully saturated rings. The highest BCUT2D eigenvalue weighted by Crippen LogP contribution is 2.22. The summed E-state index contributed by atoms with van der Waals surface area (Å²) >= 11 is 2.92. The maximum Gasteiger partial charge on any atom is 0.328 e. The Balaban J connectivity index is 2.18. The van der Waals surface area contributed by atoms with E-state index in [9.17, 15) is 19.2 Å². The third-order valence-electron chi connectivity index (χ3n) is 5.32. The van der Waals surface area contributed by atoms with Crippen LogP contribution in [-0.4, -0.2) is 78.8 Å². The van der Waals surface area contributed by atoms with Crippen LogP contribution in [0.3, 0.4) is 0 Å². The number of likely N-dealkylation sites (tertiary alicyclic amines) is 1. The molecule has 33 heavy (non-hydrogen) atoms. The molecule has 0 radical (unpaired) electrons. The van der Waals surface area contributed by atoms with Crippen molar-refractivity contribution in [2.45, 2.75) is 43.3 Å². The highest BCUT2D eigenvalue weighted by molar-refractivity contribution is 7.99. The average molecular weight is 497 g/mol. The highest BCUT2D eigenvalue weighted by Gasteiger charge is 2.43. The van der Waals surface area contributed by atoms with E-state index in [1.807, 2.05) is 24.5 Å². The van der Waals surface area contributed by atoms with E-state index in [4.69, 9.17) is 4.74 Å². The second-order valence-corrected chi connectivity index (χ2v) is 9.69. The molecule has 0 saturated carbocycles. The van der Waals surface area contributed by atoms with Gasteiger partial charge in [0.1, 0.15) is 12.1 Å². The van der Waals surface area contributed by atoms with Crippen LogP contribution in [0.2, 0.25) is 0 Å². The zero-order valence-corrected chi connectivity index (χ0v) is 21.2. The van der Waals surface area contributed by atoms with Crippen molar-refractivity contribution < 1.29 is 23.9 Å². The molecule has 11 heteroatoms. The lowest BCUT2D eigenvalue weighted by Crippen LogP contribution is -2.58. The molecule has 2 rings (SSSR count). The number of amides is 4. The van der Waals surface area contributed by atoms with Crippen LogP contribution in [0.15, 0.2) is 29.2 Å². The molecule has 182 valence electrons. The lowest BCUT2D eigenvalue weighted by molar-refractivity contribution is -0.147. The van der Waals surface area contributed by atoms with Gasteiger partial charge in [0.2, 0.25) is 11.8 Å². The number of urea groups is 1. The van der Waals surface area contributed by atoms with Gasteiger partial charge in [-0.2, -0.15) is 11.8 Å². The summed E-state index contributed by atoms with van der Waals surface area (Å²) in [5, 5.41) is 8.33. The minimum Gasteiger partial charge on any atom is -0.467 e. The first-order valence-corrected chi connectivity index (χ1v) is 13.2. The summed E-state index contributed by atoms with van der Waals surface area (Å²) in [5.74, 6) is -1.25. The number of nitrogens with one attached hydrogen (secondary N) is 3. The molecule has 0 spiro atoms. The standard InChI is InChI=1S/C22H32N4O5S2/c1-13(2)18(21(29)31-3)25-20(28)19-16(9-10-26(19)17(27)12-32-4)24-22(30)23-14-7-6-8-15(11-14)33-5/h6-8,11,13,16,18-19H,9-10,12H2,1-5H3,(H,25,28)(H2,23,24,30)/t16-,18+,19+/m0/s1. The highest BCUT2D eigenvalue weighted by atomic mass is 32.2. The van der Waals surface area contributed by atoms with Gasteiger partial charge in [-0.15, -0.1) is 11.8 Å². The molecule has 1 aromatic carbocycles. The van der Waals surface area contributed by atoms with Crippen molar-refractivity contribution in [2.75, 3.05) is 37.2 Å². The molecule has 1 aliphatic rings. The van der Waals surface area contributed by atoms with Crippen LogP contribution in [0.25, 0.3) is 0 Å². The van der Waals surface area contributed by atoms with E-state index >= 15 is 0 Å². The van der Waals surface area contributed by atoms with Gasteiger partial charge < -0.3 is 25.6 Å². The Morgan fingerprint density at radius 3 is 2.55 bits per heavy atom. The molecule has 1 saturated heterocycles. The smallest absolute Gasteiger partial charge is 0.328 e. The van der Waals surface area contributed by atoms with Gasteiger partial charge in [0.05, 0.1) is 18.9 Å². The Kier molecular flexibility index (Phi) is 10.4. The normalized spacial score (nSPS) is 18.5. The lowest BCUT2D eigenvalue weighted by atomic mass is 10.0. The molecule has 0 unspecified atom stereocenters. The first-order chi connectivity index (χ1) is 15.7. The fraction of sp³-hybridized carbons (Fsp3) is 0.545. The lowest BCUT2D eigenvalue weighted by Gasteiger charge is -2.30. The van der Waals surface area contributed by atoms with Gasteiger partial charge in [0.15, 0.2) is 0 Å². The monoisotopic (exact) mass is 496 g/mol. The molecule has 9 nitrogen and oxygen atoms in total. The zero-order chi connectivity index (χ0) is 24.5. The Hall–Kier alpha value is -2.40. The number of esters is 1. The maximum absolute atomic E-state index is 13.2. The van der Waals surface area contributed by atoms with Crippen LogP contribution < -0.4 is 16.0 Å². The summed E-state index contributed by atoms with van der Waals surface area (Å²) in [6, 6.07) is 4.54. The maximum atomic E-state index is 13.2. The largest absolute Gasteiger partial charge is 0.467 e. The molecule has 0 aliphatic carbocycles. The van der Waals surface area contributed by atoms with E-state index in [0.29, 0.717) is 18.7 Å².